The summed E-state index contributed by atoms with van der Waals surface area (Å²) in [6.45, 7) is 0. The molecule has 6 heteroatoms. The molecule has 3 heterocycles. The van der Waals surface area contributed by atoms with Gasteiger partial charge in [-0.2, -0.15) is 0 Å². The molecular formula is C53H32N4O2. The largest absolute Gasteiger partial charge is 0.456 e. The highest BCUT2D eigenvalue weighted by molar-refractivity contribution is 6.13. The molecule has 9 aromatic carbocycles. The van der Waals surface area contributed by atoms with E-state index in [-0.39, 0.29) is 0 Å². The van der Waals surface area contributed by atoms with Crippen molar-refractivity contribution in [1.82, 2.24) is 15.0 Å². The number of hydrogen-bond donors (Lipinski definition) is 0. The lowest BCUT2D eigenvalue weighted by Gasteiger charge is -2.25. The number of fused-ring (bicyclic) bond motifs is 8. The van der Waals surface area contributed by atoms with E-state index in [1.54, 1.807) is 0 Å². The van der Waals surface area contributed by atoms with Gasteiger partial charge in [-0.05, 0) is 82.2 Å². The van der Waals surface area contributed by atoms with Crippen LogP contribution in [0.15, 0.2) is 203 Å². The number of hydrogen-bond acceptors (Lipinski definition) is 6. The summed E-state index contributed by atoms with van der Waals surface area (Å²) in [5.74, 6) is 1.70. The van der Waals surface area contributed by atoms with Gasteiger partial charge in [0, 0.05) is 61.4 Å². The molecule has 0 saturated carbocycles. The van der Waals surface area contributed by atoms with Crippen molar-refractivity contribution in [2.24, 2.45) is 0 Å². The normalized spacial score (nSPS) is 11.7. The number of nitrogens with zero attached hydrogens (tertiary/aromatic N) is 4. The molecule has 0 radical (unpaired) electrons. The molecular weight excluding hydrogens is 725 g/mol. The van der Waals surface area contributed by atoms with Crippen molar-refractivity contribution in [2.75, 3.05) is 4.90 Å². The fraction of sp³-hybridized carbons (Fsp3) is 0. The van der Waals surface area contributed by atoms with E-state index in [0.717, 1.165) is 88.4 Å². The van der Waals surface area contributed by atoms with E-state index in [1.165, 1.54) is 10.8 Å². The van der Waals surface area contributed by atoms with Crippen molar-refractivity contribution in [2.45, 2.75) is 0 Å². The average Bonchev–Trinajstić information content (AvgIpc) is 3.87. The smallest absolute Gasteiger partial charge is 0.164 e. The van der Waals surface area contributed by atoms with Gasteiger partial charge in [-0.25, -0.2) is 15.0 Å². The molecule has 12 aromatic rings. The van der Waals surface area contributed by atoms with E-state index in [2.05, 4.69) is 157 Å². The minimum atomic E-state index is 0.557. The van der Waals surface area contributed by atoms with Crippen LogP contribution in [0.2, 0.25) is 0 Å². The molecule has 276 valence electrons. The Morgan fingerprint density at radius 3 is 1.81 bits per heavy atom. The Morgan fingerprint density at radius 2 is 0.915 bits per heavy atom. The fourth-order valence-corrected chi connectivity index (χ4v) is 8.51. The van der Waals surface area contributed by atoms with Crippen LogP contribution in [0.25, 0.3) is 99.6 Å². The van der Waals surface area contributed by atoms with Crippen molar-refractivity contribution in [1.29, 1.82) is 0 Å². The second kappa shape index (κ2) is 13.3. The lowest BCUT2D eigenvalue weighted by Crippen LogP contribution is -2.09. The molecule has 6 nitrogen and oxygen atoms in total. The van der Waals surface area contributed by atoms with E-state index in [4.69, 9.17) is 23.8 Å². The molecule has 0 fully saturated rings. The Bertz CT molecular complexity index is 3580. The third-order valence-corrected chi connectivity index (χ3v) is 11.3. The molecule has 0 amide bonds. The van der Waals surface area contributed by atoms with Crippen molar-refractivity contribution in [3.05, 3.63) is 194 Å². The third kappa shape index (κ3) is 5.53. The van der Waals surface area contributed by atoms with Gasteiger partial charge >= 0.3 is 0 Å². The van der Waals surface area contributed by atoms with Crippen LogP contribution < -0.4 is 4.90 Å². The highest BCUT2D eigenvalue weighted by Crippen LogP contribution is 2.42. The van der Waals surface area contributed by atoms with E-state index in [9.17, 15) is 0 Å². The average molecular weight is 757 g/mol. The Balaban J connectivity index is 1.05. The predicted octanol–water partition coefficient (Wildman–Crippen LogP) is 14.4. The van der Waals surface area contributed by atoms with Crippen LogP contribution in [0.1, 0.15) is 0 Å². The second-order valence-corrected chi connectivity index (χ2v) is 14.8. The first kappa shape index (κ1) is 33.1. The minimum absolute atomic E-state index is 0.557. The fourth-order valence-electron chi connectivity index (χ4n) is 8.51. The van der Waals surface area contributed by atoms with E-state index < -0.39 is 0 Å². The van der Waals surface area contributed by atoms with Gasteiger partial charge in [0.05, 0.1) is 0 Å². The van der Waals surface area contributed by atoms with Crippen LogP contribution in [0.4, 0.5) is 17.1 Å². The highest BCUT2D eigenvalue weighted by atomic mass is 16.3. The molecule has 59 heavy (non-hydrogen) atoms. The summed E-state index contributed by atoms with van der Waals surface area (Å²) < 4.78 is 13.0. The summed E-state index contributed by atoms with van der Waals surface area (Å²) in [5, 5.41) is 8.61. The van der Waals surface area contributed by atoms with Gasteiger partial charge in [-0.15, -0.1) is 0 Å². The second-order valence-electron chi connectivity index (χ2n) is 14.8. The molecule has 0 spiro atoms. The lowest BCUT2D eigenvalue weighted by molar-refractivity contribution is 0.668. The van der Waals surface area contributed by atoms with Crippen LogP contribution in [-0.2, 0) is 0 Å². The molecule has 0 saturated heterocycles. The SMILES string of the molecule is c1ccc(N(c2ccc3ccccc3c2)c2ccc3c(c2)oc2cccc(-c4nc(-c5ccc6c(c5)oc5ccccc56)nc(-c5cccc6ccccc56)n4)c23)cc1. The first-order valence-electron chi connectivity index (χ1n) is 19.7. The van der Waals surface area contributed by atoms with Crippen LogP contribution in [0.5, 0.6) is 0 Å². The molecule has 3 aromatic heterocycles. The van der Waals surface area contributed by atoms with Gasteiger partial charge in [0.15, 0.2) is 17.5 Å². The van der Waals surface area contributed by atoms with Gasteiger partial charge in [-0.3, -0.25) is 0 Å². The van der Waals surface area contributed by atoms with E-state index >= 15 is 0 Å². The number of rotatable bonds is 6. The van der Waals surface area contributed by atoms with Crippen LogP contribution in [0.3, 0.4) is 0 Å². The highest BCUT2D eigenvalue weighted by Gasteiger charge is 2.21. The number of benzene rings is 9. The summed E-state index contributed by atoms with van der Waals surface area (Å²) in [6, 6.07) is 66.9. The van der Waals surface area contributed by atoms with Gasteiger partial charge in [0.2, 0.25) is 0 Å². The zero-order valence-electron chi connectivity index (χ0n) is 31.6. The first-order valence-corrected chi connectivity index (χ1v) is 19.7. The number of aromatic nitrogens is 3. The molecule has 0 aliphatic carbocycles. The molecule has 0 unspecified atom stereocenters. The Morgan fingerprint density at radius 1 is 0.322 bits per heavy atom. The Hall–Kier alpha value is -8.09. The monoisotopic (exact) mass is 756 g/mol. The molecule has 0 aliphatic heterocycles. The molecule has 0 aliphatic rings. The maximum atomic E-state index is 6.70. The Labute approximate surface area is 338 Å². The van der Waals surface area contributed by atoms with Gasteiger partial charge in [0.1, 0.15) is 22.3 Å². The predicted molar refractivity (Wildman–Crippen MR) is 240 cm³/mol. The summed E-state index contributed by atoms with van der Waals surface area (Å²) in [4.78, 5) is 17.9. The van der Waals surface area contributed by atoms with Gasteiger partial charge < -0.3 is 13.7 Å². The number of para-hydroxylation sites is 2. The quantitative estimate of drug-likeness (QED) is 0.168. The summed E-state index contributed by atoms with van der Waals surface area (Å²) in [6.07, 6.45) is 0. The van der Waals surface area contributed by atoms with Crippen molar-refractivity contribution < 1.29 is 8.83 Å². The number of anilines is 3. The summed E-state index contributed by atoms with van der Waals surface area (Å²) >= 11 is 0. The zero-order chi connectivity index (χ0) is 38.9. The van der Waals surface area contributed by atoms with Crippen LogP contribution in [-0.4, -0.2) is 15.0 Å². The third-order valence-electron chi connectivity index (χ3n) is 11.3. The van der Waals surface area contributed by atoms with E-state index in [0.29, 0.717) is 17.5 Å². The summed E-state index contributed by atoms with van der Waals surface area (Å²) in [5.41, 5.74) is 8.88. The Kier molecular flexibility index (Phi) is 7.43. The first-order chi connectivity index (χ1) is 29.2. The zero-order valence-corrected chi connectivity index (χ0v) is 31.6. The van der Waals surface area contributed by atoms with Crippen LogP contribution in [0, 0.1) is 0 Å². The van der Waals surface area contributed by atoms with Crippen molar-refractivity contribution in [3.63, 3.8) is 0 Å². The molecule has 0 atom stereocenters. The van der Waals surface area contributed by atoms with Gasteiger partial charge in [0.25, 0.3) is 0 Å². The maximum absolute atomic E-state index is 6.70. The van der Waals surface area contributed by atoms with E-state index in [1.807, 2.05) is 42.5 Å². The number of furan rings is 2. The topological polar surface area (TPSA) is 68.2 Å². The maximum Gasteiger partial charge on any atom is 0.164 e. The molecule has 0 N–H and O–H groups in total. The minimum Gasteiger partial charge on any atom is -0.456 e. The molecule has 0 bridgehead atoms. The van der Waals surface area contributed by atoms with Crippen molar-refractivity contribution in [3.8, 4) is 34.2 Å². The standard InChI is InChI=1S/C53H32N4O2/c1-2-16-37(17-3-1)57(38-26-24-33-12-4-5-14-35(33)30-38)39-27-29-44-49(32-39)59-47-23-11-21-45(50(44)47)53-55-51(36-25-28-42-41-19-8-9-22-46(41)58-48(42)31-36)54-52(56-53)43-20-10-15-34-13-6-7-18-40(34)43/h1-32H. The van der Waals surface area contributed by atoms with Crippen LogP contribution >= 0.6 is 0 Å². The van der Waals surface area contributed by atoms with Crippen molar-refractivity contribution >= 4 is 82.5 Å². The summed E-state index contributed by atoms with van der Waals surface area (Å²) in [7, 11) is 0. The van der Waals surface area contributed by atoms with Gasteiger partial charge in [-0.1, -0.05) is 127 Å². The lowest BCUT2D eigenvalue weighted by atomic mass is 10.0. The molecule has 12 rings (SSSR count).